The Hall–Kier alpha value is -1.85. The average Bonchev–Trinajstić information content (AvgIpc) is 3.29. The Morgan fingerprint density at radius 3 is 2.51 bits per heavy atom. The number of carbonyl (C=O) groups excluding carboxylic acids is 1. The molecule has 0 unspecified atom stereocenters. The van der Waals surface area contributed by atoms with Gasteiger partial charge in [0.1, 0.15) is 16.8 Å². The van der Waals surface area contributed by atoms with Crippen LogP contribution in [0.2, 0.25) is 0 Å². The molecule has 1 saturated carbocycles. The summed E-state index contributed by atoms with van der Waals surface area (Å²) in [7, 11) is -0.857. The molecule has 1 aromatic rings. The van der Waals surface area contributed by atoms with Crippen LogP contribution in [-0.2, 0) is 19.6 Å². The van der Waals surface area contributed by atoms with Gasteiger partial charge in [-0.1, -0.05) is 0 Å². The molecular weight excluding hydrogens is 478 g/mol. The molecule has 2 aliphatic rings. The van der Waals surface area contributed by atoms with Gasteiger partial charge >= 0.3 is 0 Å². The molecule has 8 nitrogen and oxygen atoms in total. The molecule has 0 spiro atoms. The lowest BCUT2D eigenvalue weighted by Crippen LogP contribution is -2.51. The Morgan fingerprint density at radius 1 is 1.26 bits per heavy atom. The van der Waals surface area contributed by atoms with Crippen molar-refractivity contribution in [3.8, 4) is 0 Å². The first kappa shape index (κ1) is 27.7. The van der Waals surface area contributed by atoms with Gasteiger partial charge in [0, 0.05) is 57.9 Å². The average molecular weight is 517 g/mol. The Balaban J connectivity index is 1.89. The van der Waals surface area contributed by atoms with Crippen LogP contribution in [0.25, 0.3) is 0 Å². The molecular formula is C24H38F2N4O4S. The molecule has 1 aliphatic heterocycles. The van der Waals surface area contributed by atoms with E-state index in [4.69, 9.17) is 4.74 Å². The first-order valence-electron chi connectivity index (χ1n) is 12.3. The van der Waals surface area contributed by atoms with Crippen molar-refractivity contribution < 1.29 is 26.7 Å². The lowest BCUT2D eigenvalue weighted by Gasteiger charge is -2.37. The van der Waals surface area contributed by atoms with Gasteiger partial charge < -0.3 is 14.5 Å². The Bertz CT molecular complexity index is 995. The number of ether oxygens (including phenoxy) is 1. The molecule has 2 heterocycles. The van der Waals surface area contributed by atoms with Crippen molar-refractivity contribution >= 4 is 21.7 Å². The third kappa shape index (κ3) is 6.11. The molecule has 1 aliphatic carbocycles. The van der Waals surface area contributed by atoms with Crippen molar-refractivity contribution in [2.24, 2.45) is 0 Å². The van der Waals surface area contributed by atoms with Crippen LogP contribution in [0.3, 0.4) is 0 Å². The number of rotatable bonds is 9. The predicted octanol–water partition coefficient (Wildman–Crippen LogP) is 3.44. The number of alkyl halides is 2. The fourth-order valence-corrected chi connectivity index (χ4v) is 6.75. The summed E-state index contributed by atoms with van der Waals surface area (Å²) in [6.45, 7) is 6.82. The lowest BCUT2D eigenvalue weighted by molar-refractivity contribution is -0.138. The molecule has 3 rings (SSSR count). The highest BCUT2D eigenvalue weighted by molar-refractivity contribution is 7.89. The second-order valence-electron chi connectivity index (χ2n) is 9.86. The molecule has 35 heavy (non-hydrogen) atoms. The van der Waals surface area contributed by atoms with E-state index < -0.39 is 22.0 Å². The van der Waals surface area contributed by atoms with Crippen LogP contribution in [0.5, 0.6) is 0 Å². The van der Waals surface area contributed by atoms with Crippen LogP contribution in [0.1, 0.15) is 58.1 Å². The van der Waals surface area contributed by atoms with Gasteiger partial charge in [0.05, 0.1) is 6.61 Å². The number of methoxy groups -OCH3 is 1. The highest BCUT2D eigenvalue weighted by atomic mass is 32.2. The van der Waals surface area contributed by atoms with Crippen molar-refractivity contribution in [3.05, 3.63) is 17.8 Å². The number of hydrogen-bond donors (Lipinski definition) is 0. The second-order valence-corrected chi connectivity index (χ2v) is 11.7. The van der Waals surface area contributed by atoms with Gasteiger partial charge in [0.2, 0.25) is 21.9 Å². The Kier molecular flexibility index (Phi) is 8.75. The number of pyridine rings is 1. The zero-order valence-corrected chi connectivity index (χ0v) is 22.2. The standard InChI is InChI=1S/C24H38F2N4O4S/c1-17(2)29(15-16-34-5)22-21(9-8-18(3)27-22)35(32,33)30-14-6-7-20(30)23(31)28(4)19-10-12-24(25,26)13-11-19/h8-9,17,19-20H,6-7,10-16H2,1-5H3/t20-/m0/s1. The Labute approximate surface area is 207 Å². The van der Waals surface area contributed by atoms with E-state index in [1.165, 1.54) is 9.21 Å². The molecule has 11 heteroatoms. The van der Waals surface area contributed by atoms with E-state index in [0.717, 1.165) is 0 Å². The quantitative estimate of drug-likeness (QED) is 0.500. The van der Waals surface area contributed by atoms with Crippen molar-refractivity contribution in [2.45, 2.75) is 88.2 Å². The number of anilines is 1. The minimum Gasteiger partial charge on any atom is -0.383 e. The summed E-state index contributed by atoms with van der Waals surface area (Å²) < 4.78 is 61.6. The minimum atomic E-state index is -4.05. The number of likely N-dealkylation sites (N-methyl/N-ethyl adjacent to an activating group) is 1. The molecule has 198 valence electrons. The third-order valence-electron chi connectivity index (χ3n) is 7.07. The number of sulfonamides is 1. The molecule has 0 radical (unpaired) electrons. The van der Waals surface area contributed by atoms with E-state index in [1.54, 1.807) is 33.2 Å². The van der Waals surface area contributed by atoms with Gasteiger partial charge in [-0.05, 0) is 58.6 Å². The van der Waals surface area contributed by atoms with Crippen LogP contribution >= 0.6 is 0 Å². The molecule has 1 saturated heterocycles. The molecule has 0 N–H and O–H groups in total. The van der Waals surface area contributed by atoms with Crippen LogP contribution in [-0.4, -0.2) is 86.4 Å². The highest BCUT2D eigenvalue weighted by Crippen LogP contribution is 2.37. The molecule has 2 fully saturated rings. The maximum absolute atomic E-state index is 13.9. The number of amides is 1. The largest absolute Gasteiger partial charge is 0.383 e. The van der Waals surface area contributed by atoms with Gasteiger partial charge in [0.25, 0.3) is 0 Å². The van der Waals surface area contributed by atoms with Gasteiger partial charge in [-0.25, -0.2) is 22.2 Å². The minimum absolute atomic E-state index is 0.0278. The predicted molar refractivity (Wildman–Crippen MR) is 130 cm³/mol. The van der Waals surface area contributed by atoms with Crippen molar-refractivity contribution in [1.29, 1.82) is 0 Å². The number of nitrogens with zero attached hydrogens (tertiary/aromatic N) is 4. The van der Waals surface area contributed by atoms with Gasteiger partial charge in [0.15, 0.2) is 0 Å². The summed E-state index contributed by atoms with van der Waals surface area (Å²) in [6.07, 6.45) is 0.864. The summed E-state index contributed by atoms with van der Waals surface area (Å²) >= 11 is 0. The van der Waals surface area contributed by atoms with Crippen molar-refractivity contribution in [3.63, 3.8) is 0 Å². The molecule has 1 atom stereocenters. The number of carbonyl (C=O) groups is 1. The fraction of sp³-hybridized carbons (Fsp3) is 0.750. The van der Waals surface area contributed by atoms with Crippen LogP contribution in [0.4, 0.5) is 14.6 Å². The van der Waals surface area contributed by atoms with E-state index >= 15 is 0 Å². The van der Waals surface area contributed by atoms with Crippen molar-refractivity contribution in [2.75, 3.05) is 38.8 Å². The summed E-state index contributed by atoms with van der Waals surface area (Å²) in [5, 5.41) is 0. The van der Waals surface area contributed by atoms with Crippen molar-refractivity contribution in [1.82, 2.24) is 14.2 Å². The smallest absolute Gasteiger partial charge is 0.248 e. The molecule has 1 amide bonds. The van der Waals surface area contributed by atoms with E-state index in [2.05, 4.69) is 4.98 Å². The molecule has 1 aromatic heterocycles. The monoisotopic (exact) mass is 516 g/mol. The van der Waals surface area contributed by atoms with E-state index in [9.17, 15) is 22.0 Å². The molecule has 0 aromatic carbocycles. The number of aryl methyl sites for hydroxylation is 1. The van der Waals surface area contributed by atoms with Gasteiger partial charge in [-0.3, -0.25) is 4.79 Å². The summed E-state index contributed by atoms with van der Waals surface area (Å²) in [4.78, 5) is 21.4. The van der Waals surface area contributed by atoms with Crippen LogP contribution in [0.15, 0.2) is 17.0 Å². The normalized spacial score (nSPS) is 21.4. The van der Waals surface area contributed by atoms with Gasteiger partial charge in [-0.2, -0.15) is 4.31 Å². The van der Waals surface area contributed by atoms with Crippen LogP contribution in [0, 0.1) is 6.92 Å². The van der Waals surface area contributed by atoms with E-state index in [1.807, 2.05) is 18.7 Å². The maximum Gasteiger partial charge on any atom is 0.248 e. The zero-order valence-electron chi connectivity index (χ0n) is 21.3. The fourth-order valence-electron chi connectivity index (χ4n) is 4.96. The first-order valence-corrected chi connectivity index (χ1v) is 13.7. The number of aromatic nitrogens is 1. The molecule has 0 bridgehead atoms. The summed E-state index contributed by atoms with van der Waals surface area (Å²) in [5.74, 6) is -2.68. The Morgan fingerprint density at radius 2 is 1.91 bits per heavy atom. The second kappa shape index (κ2) is 11.0. The topological polar surface area (TPSA) is 83.0 Å². The van der Waals surface area contributed by atoms with E-state index in [0.29, 0.717) is 37.5 Å². The van der Waals surface area contributed by atoms with Gasteiger partial charge in [-0.15, -0.1) is 0 Å². The van der Waals surface area contributed by atoms with Crippen LogP contribution < -0.4 is 4.90 Å². The first-order chi connectivity index (χ1) is 16.4. The number of halogens is 2. The summed E-state index contributed by atoms with van der Waals surface area (Å²) in [5.41, 5.74) is 0.685. The maximum atomic E-state index is 13.9. The SMILES string of the molecule is COCCN(c1nc(C)ccc1S(=O)(=O)N1CCC[C@H]1C(=O)N(C)C1CCC(F)(F)CC1)C(C)C. The lowest BCUT2D eigenvalue weighted by atomic mass is 9.91. The zero-order chi connectivity index (χ0) is 26.0. The summed E-state index contributed by atoms with van der Waals surface area (Å²) in [6, 6.07) is 2.02. The third-order valence-corrected chi connectivity index (χ3v) is 9.00. The number of hydrogen-bond acceptors (Lipinski definition) is 6. The highest BCUT2D eigenvalue weighted by Gasteiger charge is 2.44. The van der Waals surface area contributed by atoms with E-state index in [-0.39, 0.29) is 55.1 Å².